The van der Waals surface area contributed by atoms with Gasteiger partial charge in [0.2, 0.25) is 5.78 Å². The molecule has 2 rings (SSSR count). The van der Waals surface area contributed by atoms with Gasteiger partial charge in [0.05, 0.1) is 11.4 Å². The third-order valence-electron chi connectivity index (χ3n) is 2.48. The Morgan fingerprint density at radius 2 is 2.19 bits per heavy atom. The molecule has 1 aromatic carbocycles. The number of hydrogen-bond acceptors (Lipinski definition) is 4. The van der Waals surface area contributed by atoms with Crippen molar-refractivity contribution in [1.29, 1.82) is 0 Å². The van der Waals surface area contributed by atoms with E-state index in [1.807, 2.05) is 36.1 Å². The summed E-state index contributed by atoms with van der Waals surface area (Å²) in [5.41, 5.74) is 2.17. The van der Waals surface area contributed by atoms with E-state index in [-0.39, 0.29) is 0 Å². The van der Waals surface area contributed by atoms with Crippen LogP contribution in [0.25, 0.3) is 0 Å². The monoisotopic (exact) mass is 216 g/mol. The number of Topliss-reactive ketones (excluding diaryl/α,β-unsaturated/α-hetero) is 1. The first kappa shape index (κ1) is 10.4. The van der Waals surface area contributed by atoms with Crippen molar-refractivity contribution in [2.45, 2.75) is 6.92 Å². The Morgan fingerprint density at radius 3 is 2.88 bits per heavy atom. The number of hydrogen-bond donors (Lipinski definition) is 1. The molecule has 0 spiro atoms. The van der Waals surface area contributed by atoms with E-state index >= 15 is 0 Å². The van der Waals surface area contributed by atoms with Gasteiger partial charge in [-0.3, -0.25) is 9.59 Å². The molecular formula is C12H12N2O2. The fourth-order valence-electron chi connectivity index (χ4n) is 1.68. The topological polar surface area (TPSA) is 49.4 Å². The Hall–Kier alpha value is -2.10. The molecule has 1 aliphatic rings. The SMILES string of the molecule is CCN1C=C(C(=O)C=O)Nc2ccccc21. The maximum Gasteiger partial charge on any atom is 0.242 e. The highest BCUT2D eigenvalue weighted by Crippen LogP contribution is 2.30. The first-order valence-corrected chi connectivity index (χ1v) is 5.10. The smallest absolute Gasteiger partial charge is 0.242 e. The molecule has 0 aromatic heterocycles. The molecule has 0 radical (unpaired) electrons. The number of aldehydes is 1. The van der Waals surface area contributed by atoms with E-state index in [1.165, 1.54) is 0 Å². The summed E-state index contributed by atoms with van der Waals surface area (Å²) < 4.78 is 0. The molecule has 0 unspecified atom stereocenters. The predicted octanol–water partition coefficient (Wildman–Crippen LogP) is 1.55. The third-order valence-corrected chi connectivity index (χ3v) is 2.48. The number of ketones is 1. The molecule has 82 valence electrons. The van der Waals surface area contributed by atoms with Crippen molar-refractivity contribution in [2.75, 3.05) is 16.8 Å². The van der Waals surface area contributed by atoms with E-state index in [9.17, 15) is 9.59 Å². The number of rotatable bonds is 3. The fraction of sp³-hybridized carbons (Fsp3) is 0.167. The summed E-state index contributed by atoms with van der Waals surface area (Å²) in [6, 6.07) is 7.66. The molecule has 0 bridgehead atoms. The molecule has 0 atom stereocenters. The largest absolute Gasteiger partial charge is 0.349 e. The van der Waals surface area contributed by atoms with Crippen LogP contribution in [-0.4, -0.2) is 18.6 Å². The summed E-state index contributed by atoms with van der Waals surface area (Å²) in [7, 11) is 0. The van der Waals surface area contributed by atoms with Gasteiger partial charge in [-0.15, -0.1) is 0 Å². The van der Waals surface area contributed by atoms with Gasteiger partial charge in [0.15, 0.2) is 6.29 Å². The predicted molar refractivity (Wildman–Crippen MR) is 62.2 cm³/mol. The Morgan fingerprint density at radius 1 is 1.44 bits per heavy atom. The van der Waals surface area contributed by atoms with Crippen molar-refractivity contribution in [3.8, 4) is 0 Å². The number of carbonyl (C=O) groups excluding carboxylic acids is 2. The summed E-state index contributed by atoms with van der Waals surface area (Å²) in [5, 5.41) is 2.95. The van der Waals surface area contributed by atoms with E-state index in [0.717, 1.165) is 17.9 Å². The van der Waals surface area contributed by atoms with Gasteiger partial charge in [-0.1, -0.05) is 12.1 Å². The first-order valence-electron chi connectivity index (χ1n) is 5.10. The quantitative estimate of drug-likeness (QED) is 0.615. The fourth-order valence-corrected chi connectivity index (χ4v) is 1.68. The number of nitrogens with one attached hydrogen (secondary N) is 1. The lowest BCUT2D eigenvalue weighted by Gasteiger charge is -2.28. The third kappa shape index (κ3) is 1.69. The number of para-hydroxylation sites is 2. The van der Waals surface area contributed by atoms with E-state index in [0.29, 0.717) is 12.0 Å². The number of nitrogens with zero attached hydrogens (tertiary/aromatic N) is 1. The molecule has 1 aromatic rings. The van der Waals surface area contributed by atoms with Crippen LogP contribution in [0.1, 0.15) is 6.92 Å². The Kier molecular flexibility index (Phi) is 2.72. The highest BCUT2D eigenvalue weighted by molar-refractivity contribution is 6.34. The van der Waals surface area contributed by atoms with Crippen LogP contribution < -0.4 is 10.2 Å². The van der Waals surface area contributed by atoms with Gasteiger partial charge < -0.3 is 10.2 Å². The Bertz CT molecular complexity index is 466. The van der Waals surface area contributed by atoms with E-state index < -0.39 is 5.78 Å². The molecule has 1 heterocycles. The Balaban J connectivity index is 2.41. The van der Waals surface area contributed by atoms with Gasteiger partial charge >= 0.3 is 0 Å². The molecule has 1 N–H and O–H groups in total. The minimum Gasteiger partial charge on any atom is -0.349 e. The number of benzene rings is 1. The molecule has 4 nitrogen and oxygen atoms in total. The number of fused-ring (bicyclic) bond motifs is 1. The number of anilines is 2. The zero-order valence-corrected chi connectivity index (χ0v) is 8.93. The van der Waals surface area contributed by atoms with Crippen molar-refractivity contribution >= 4 is 23.4 Å². The van der Waals surface area contributed by atoms with Gasteiger partial charge in [-0.05, 0) is 19.1 Å². The normalized spacial score (nSPS) is 13.6. The summed E-state index contributed by atoms with van der Waals surface area (Å²) in [6.07, 6.45) is 1.99. The van der Waals surface area contributed by atoms with Crippen molar-refractivity contribution in [2.24, 2.45) is 0 Å². The van der Waals surface area contributed by atoms with Crippen LogP contribution in [0.15, 0.2) is 36.2 Å². The lowest BCUT2D eigenvalue weighted by molar-refractivity contribution is -0.127. The van der Waals surface area contributed by atoms with Gasteiger partial charge in [0.25, 0.3) is 0 Å². The maximum atomic E-state index is 11.3. The second-order valence-electron chi connectivity index (χ2n) is 3.45. The van der Waals surface area contributed by atoms with Crippen molar-refractivity contribution in [3.63, 3.8) is 0 Å². The van der Waals surface area contributed by atoms with Crippen LogP contribution in [0, 0.1) is 0 Å². The summed E-state index contributed by atoms with van der Waals surface area (Å²) in [6.45, 7) is 2.73. The van der Waals surface area contributed by atoms with Crippen LogP contribution in [0.5, 0.6) is 0 Å². The van der Waals surface area contributed by atoms with E-state index in [4.69, 9.17) is 0 Å². The van der Waals surface area contributed by atoms with E-state index in [1.54, 1.807) is 6.20 Å². The van der Waals surface area contributed by atoms with Crippen LogP contribution in [0.4, 0.5) is 11.4 Å². The second-order valence-corrected chi connectivity index (χ2v) is 3.45. The minimum absolute atomic E-state index is 0.315. The van der Waals surface area contributed by atoms with Gasteiger partial charge in [-0.2, -0.15) is 0 Å². The molecular weight excluding hydrogens is 204 g/mol. The summed E-state index contributed by atoms with van der Waals surface area (Å²) >= 11 is 0. The summed E-state index contributed by atoms with van der Waals surface area (Å²) in [4.78, 5) is 23.7. The van der Waals surface area contributed by atoms with Gasteiger partial charge in [0.1, 0.15) is 5.70 Å². The second kappa shape index (κ2) is 4.18. The standard InChI is InChI=1S/C12H12N2O2/c1-2-14-7-10(12(16)8-15)13-9-5-3-4-6-11(9)14/h3-8,13H,2H2,1H3. The molecule has 0 aliphatic carbocycles. The average molecular weight is 216 g/mol. The van der Waals surface area contributed by atoms with E-state index in [2.05, 4.69) is 5.32 Å². The molecule has 16 heavy (non-hydrogen) atoms. The highest BCUT2D eigenvalue weighted by Gasteiger charge is 2.19. The maximum absolute atomic E-state index is 11.3. The molecule has 0 saturated carbocycles. The van der Waals surface area contributed by atoms with Crippen LogP contribution in [0.3, 0.4) is 0 Å². The molecule has 4 heteroatoms. The number of carbonyl (C=O) groups is 2. The lowest BCUT2D eigenvalue weighted by atomic mass is 10.1. The van der Waals surface area contributed by atoms with Gasteiger partial charge in [0, 0.05) is 12.7 Å². The minimum atomic E-state index is -0.534. The van der Waals surface area contributed by atoms with Crippen LogP contribution in [0.2, 0.25) is 0 Å². The zero-order valence-electron chi connectivity index (χ0n) is 8.93. The molecule has 1 aliphatic heterocycles. The van der Waals surface area contributed by atoms with Crippen LogP contribution in [-0.2, 0) is 9.59 Å². The van der Waals surface area contributed by atoms with Crippen molar-refractivity contribution in [3.05, 3.63) is 36.2 Å². The molecule has 0 saturated heterocycles. The molecule has 0 fully saturated rings. The Labute approximate surface area is 93.6 Å². The number of allylic oxidation sites excluding steroid dienone is 1. The van der Waals surface area contributed by atoms with Crippen molar-refractivity contribution in [1.82, 2.24) is 0 Å². The first-order chi connectivity index (χ1) is 7.76. The van der Waals surface area contributed by atoms with Gasteiger partial charge in [-0.25, -0.2) is 0 Å². The average Bonchev–Trinajstić information content (AvgIpc) is 2.36. The highest BCUT2D eigenvalue weighted by atomic mass is 16.2. The molecule has 0 amide bonds. The van der Waals surface area contributed by atoms with Crippen LogP contribution >= 0.6 is 0 Å². The lowest BCUT2D eigenvalue weighted by Crippen LogP contribution is -2.26. The summed E-state index contributed by atoms with van der Waals surface area (Å²) in [5.74, 6) is -0.534. The zero-order chi connectivity index (χ0) is 11.5. The van der Waals surface area contributed by atoms with Crippen molar-refractivity contribution < 1.29 is 9.59 Å².